The minimum absolute atomic E-state index is 0.137. The van der Waals surface area contributed by atoms with Crippen molar-refractivity contribution in [1.29, 1.82) is 0 Å². The van der Waals surface area contributed by atoms with Gasteiger partial charge >= 0.3 is 0 Å². The van der Waals surface area contributed by atoms with Crippen LogP contribution in [0.3, 0.4) is 0 Å². The number of rotatable bonds is 6. The molecule has 1 aliphatic heterocycles. The van der Waals surface area contributed by atoms with E-state index in [4.69, 9.17) is 0 Å². The fourth-order valence-electron chi connectivity index (χ4n) is 2.88. The minimum Gasteiger partial charge on any atom is -0.322 e. The molecule has 1 heterocycles. The molecule has 0 aliphatic carbocycles. The van der Waals surface area contributed by atoms with Crippen LogP contribution in [0.4, 0.5) is 0 Å². The summed E-state index contributed by atoms with van der Waals surface area (Å²) in [6.45, 7) is 5.25. The Morgan fingerprint density at radius 3 is 2.48 bits per heavy atom. The molecule has 0 radical (unpaired) electrons. The lowest BCUT2D eigenvalue weighted by molar-refractivity contribution is 0.0766. The molecule has 0 bridgehead atoms. The zero-order valence-corrected chi connectivity index (χ0v) is 14.6. The lowest BCUT2D eigenvalue weighted by Gasteiger charge is -2.25. The second-order valence-electron chi connectivity index (χ2n) is 6.42. The van der Waals surface area contributed by atoms with Gasteiger partial charge in [-0.15, -0.1) is 11.8 Å². The topological polar surface area (TPSA) is 20.3 Å². The Labute approximate surface area is 142 Å². The molecule has 1 amide bonds. The van der Waals surface area contributed by atoms with Gasteiger partial charge in [0.15, 0.2) is 0 Å². The van der Waals surface area contributed by atoms with Crippen molar-refractivity contribution in [2.75, 3.05) is 6.54 Å². The lowest BCUT2D eigenvalue weighted by atomic mass is 10.1. The standard InChI is InChI=1S/C20H23NOS/c1-15(2)12-13-21-19(22)17-10-6-7-11-18(17)20(21)23-14-16-8-4-3-5-9-16/h3-11,15,20H,12-14H2,1-2H3/t20-/m1/s1. The van der Waals surface area contributed by atoms with Crippen LogP contribution in [0.25, 0.3) is 0 Å². The highest BCUT2D eigenvalue weighted by Crippen LogP contribution is 2.42. The molecule has 1 atom stereocenters. The molecule has 0 saturated carbocycles. The van der Waals surface area contributed by atoms with Crippen molar-refractivity contribution in [2.24, 2.45) is 5.92 Å². The number of nitrogens with zero attached hydrogens (tertiary/aromatic N) is 1. The molecule has 2 nitrogen and oxygen atoms in total. The summed E-state index contributed by atoms with van der Waals surface area (Å²) in [6, 6.07) is 18.5. The van der Waals surface area contributed by atoms with Crippen LogP contribution >= 0.6 is 11.8 Å². The molecule has 1 aliphatic rings. The fourth-order valence-corrected chi connectivity index (χ4v) is 4.19. The second-order valence-corrected chi connectivity index (χ2v) is 7.49. The van der Waals surface area contributed by atoms with Crippen molar-refractivity contribution in [3.05, 3.63) is 71.3 Å². The quantitative estimate of drug-likeness (QED) is 0.734. The Morgan fingerprint density at radius 1 is 1.04 bits per heavy atom. The van der Waals surface area contributed by atoms with Crippen molar-refractivity contribution in [3.8, 4) is 0 Å². The minimum atomic E-state index is 0.137. The van der Waals surface area contributed by atoms with E-state index in [2.05, 4.69) is 49.1 Å². The van der Waals surface area contributed by atoms with E-state index in [0.29, 0.717) is 5.92 Å². The average Bonchev–Trinajstić information content (AvgIpc) is 2.84. The molecule has 0 saturated heterocycles. The number of benzene rings is 2. The molecule has 0 fully saturated rings. The zero-order valence-electron chi connectivity index (χ0n) is 13.7. The SMILES string of the molecule is CC(C)CCN1C(=O)c2ccccc2[C@H]1SCc1ccccc1. The maximum atomic E-state index is 12.7. The van der Waals surface area contributed by atoms with E-state index in [0.717, 1.165) is 24.3 Å². The first-order valence-electron chi connectivity index (χ1n) is 8.22. The van der Waals surface area contributed by atoms with Crippen LogP contribution in [0.15, 0.2) is 54.6 Å². The van der Waals surface area contributed by atoms with E-state index in [1.165, 1.54) is 11.1 Å². The third-order valence-corrected chi connectivity index (χ3v) is 5.52. The van der Waals surface area contributed by atoms with E-state index in [1.54, 1.807) is 0 Å². The molecular formula is C20H23NOS. The van der Waals surface area contributed by atoms with Gasteiger partial charge in [-0.1, -0.05) is 62.4 Å². The summed E-state index contributed by atoms with van der Waals surface area (Å²) in [5, 5.41) is 0.137. The van der Waals surface area contributed by atoms with E-state index >= 15 is 0 Å². The summed E-state index contributed by atoms with van der Waals surface area (Å²) in [5.41, 5.74) is 3.35. The number of thioether (sulfide) groups is 1. The Kier molecular flexibility index (Phi) is 5.06. The fraction of sp³-hybridized carbons (Fsp3) is 0.350. The molecular weight excluding hydrogens is 302 g/mol. The first kappa shape index (κ1) is 16.1. The first-order valence-corrected chi connectivity index (χ1v) is 9.27. The van der Waals surface area contributed by atoms with E-state index in [1.807, 2.05) is 36.0 Å². The van der Waals surface area contributed by atoms with Crippen molar-refractivity contribution >= 4 is 17.7 Å². The van der Waals surface area contributed by atoms with Crippen molar-refractivity contribution in [3.63, 3.8) is 0 Å². The van der Waals surface area contributed by atoms with Crippen LogP contribution < -0.4 is 0 Å². The summed E-state index contributed by atoms with van der Waals surface area (Å²) in [5.74, 6) is 1.71. The molecule has 120 valence electrons. The molecule has 0 unspecified atom stereocenters. The summed E-state index contributed by atoms with van der Waals surface area (Å²) >= 11 is 1.85. The summed E-state index contributed by atoms with van der Waals surface area (Å²) in [7, 11) is 0. The maximum Gasteiger partial charge on any atom is 0.255 e. The van der Waals surface area contributed by atoms with Crippen LogP contribution in [0.2, 0.25) is 0 Å². The average molecular weight is 325 g/mol. The molecule has 0 spiro atoms. The molecule has 23 heavy (non-hydrogen) atoms. The van der Waals surface area contributed by atoms with Gasteiger partial charge in [0.2, 0.25) is 0 Å². The van der Waals surface area contributed by atoms with E-state index in [9.17, 15) is 4.79 Å². The molecule has 0 N–H and O–H groups in total. The number of fused-ring (bicyclic) bond motifs is 1. The largest absolute Gasteiger partial charge is 0.322 e. The van der Waals surface area contributed by atoms with Gasteiger partial charge < -0.3 is 4.90 Å². The second kappa shape index (κ2) is 7.22. The molecule has 2 aromatic carbocycles. The van der Waals surface area contributed by atoms with Gasteiger partial charge in [-0.05, 0) is 29.5 Å². The van der Waals surface area contributed by atoms with Crippen molar-refractivity contribution < 1.29 is 4.79 Å². The highest BCUT2D eigenvalue weighted by molar-refractivity contribution is 7.98. The van der Waals surface area contributed by atoms with E-state index < -0.39 is 0 Å². The summed E-state index contributed by atoms with van der Waals surface area (Å²) in [4.78, 5) is 14.8. The van der Waals surface area contributed by atoms with Crippen LogP contribution in [-0.4, -0.2) is 17.4 Å². The predicted octanol–water partition coefficient (Wildman–Crippen LogP) is 5.12. The number of hydrogen-bond acceptors (Lipinski definition) is 2. The smallest absolute Gasteiger partial charge is 0.255 e. The normalized spacial score (nSPS) is 16.9. The van der Waals surface area contributed by atoms with Gasteiger partial charge in [0.1, 0.15) is 5.37 Å². The zero-order chi connectivity index (χ0) is 16.2. The lowest BCUT2D eigenvalue weighted by Crippen LogP contribution is -2.28. The number of hydrogen-bond donors (Lipinski definition) is 0. The number of amides is 1. The summed E-state index contributed by atoms with van der Waals surface area (Å²) in [6.07, 6.45) is 1.04. The van der Waals surface area contributed by atoms with Crippen LogP contribution in [0.5, 0.6) is 0 Å². The Hall–Kier alpha value is -1.74. The van der Waals surface area contributed by atoms with Gasteiger partial charge in [0.05, 0.1) is 0 Å². The van der Waals surface area contributed by atoms with Gasteiger partial charge in [-0.25, -0.2) is 0 Å². The van der Waals surface area contributed by atoms with E-state index in [-0.39, 0.29) is 11.3 Å². The maximum absolute atomic E-state index is 12.7. The third kappa shape index (κ3) is 3.61. The summed E-state index contributed by atoms with van der Waals surface area (Å²) < 4.78 is 0. The van der Waals surface area contributed by atoms with Crippen LogP contribution in [-0.2, 0) is 5.75 Å². The van der Waals surface area contributed by atoms with Crippen LogP contribution in [0, 0.1) is 5.92 Å². The van der Waals surface area contributed by atoms with Gasteiger partial charge in [0.25, 0.3) is 5.91 Å². The molecule has 2 aromatic rings. The van der Waals surface area contributed by atoms with Crippen molar-refractivity contribution in [2.45, 2.75) is 31.4 Å². The monoisotopic (exact) mass is 325 g/mol. The predicted molar refractivity (Wildman–Crippen MR) is 97.4 cm³/mol. The van der Waals surface area contributed by atoms with Crippen LogP contribution in [0.1, 0.15) is 47.1 Å². The third-order valence-electron chi connectivity index (χ3n) is 4.20. The first-order chi connectivity index (χ1) is 11.2. The number of carbonyl (C=O) groups excluding carboxylic acids is 1. The molecule has 3 rings (SSSR count). The Balaban J connectivity index is 1.79. The van der Waals surface area contributed by atoms with Gasteiger partial charge in [0, 0.05) is 17.9 Å². The van der Waals surface area contributed by atoms with Crippen molar-refractivity contribution in [1.82, 2.24) is 4.90 Å². The highest BCUT2D eigenvalue weighted by atomic mass is 32.2. The van der Waals surface area contributed by atoms with Gasteiger partial charge in [-0.2, -0.15) is 0 Å². The Bertz CT molecular complexity index is 668. The molecule has 0 aromatic heterocycles. The van der Waals surface area contributed by atoms with Gasteiger partial charge in [-0.3, -0.25) is 4.79 Å². The molecule has 3 heteroatoms. The number of carbonyl (C=O) groups is 1. The Morgan fingerprint density at radius 2 is 1.74 bits per heavy atom. The highest BCUT2D eigenvalue weighted by Gasteiger charge is 2.36.